The van der Waals surface area contributed by atoms with Crippen molar-refractivity contribution >= 4 is 5.91 Å². The summed E-state index contributed by atoms with van der Waals surface area (Å²) in [4.78, 5) is 15.5. The summed E-state index contributed by atoms with van der Waals surface area (Å²) in [7, 11) is 0. The Kier molecular flexibility index (Phi) is 2.95. The molecule has 0 saturated heterocycles. The van der Waals surface area contributed by atoms with Gasteiger partial charge in [0.1, 0.15) is 11.5 Å². The number of hydrogen-bond acceptors (Lipinski definition) is 4. The van der Waals surface area contributed by atoms with Crippen LogP contribution in [0.1, 0.15) is 21.8 Å². The molecule has 2 aromatic rings. The lowest BCUT2D eigenvalue weighted by molar-refractivity contribution is 0.0950. The van der Waals surface area contributed by atoms with E-state index in [4.69, 9.17) is 4.52 Å². The molecule has 0 atom stereocenters. The average molecular weight is 217 g/mol. The van der Waals surface area contributed by atoms with Gasteiger partial charge in [0.05, 0.1) is 6.54 Å². The lowest BCUT2D eigenvalue weighted by Gasteiger charge is -2.01. The van der Waals surface area contributed by atoms with Gasteiger partial charge in [-0.2, -0.15) is 0 Å². The number of pyridine rings is 1. The molecule has 0 unspecified atom stereocenters. The van der Waals surface area contributed by atoms with E-state index in [0.29, 0.717) is 17.8 Å². The molecule has 0 fully saturated rings. The van der Waals surface area contributed by atoms with E-state index in [1.807, 2.05) is 0 Å². The molecule has 0 spiro atoms. The first kappa shape index (κ1) is 10.4. The standard InChI is InChI=1S/C11H11N3O2/c1-8-6-10(14-16-8)7-13-11(15)9-2-4-12-5-3-9/h2-6H,7H2,1H3,(H,13,15). The van der Waals surface area contributed by atoms with Crippen molar-refractivity contribution in [3.63, 3.8) is 0 Å². The zero-order valence-electron chi connectivity index (χ0n) is 8.80. The monoisotopic (exact) mass is 217 g/mol. The molecular weight excluding hydrogens is 206 g/mol. The van der Waals surface area contributed by atoms with Crippen LogP contribution in [0.3, 0.4) is 0 Å². The Morgan fingerprint density at radius 2 is 2.19 bits per heavy atom. The van der Waals surface area contributed by atoms with Crippen LogP contribution in [0.2, 0.25) is 0 Å². The molecule has 16 heavy (non-hydrogen) atoms. The Morgan fingerprint density at radius 3 is 2.81 bits per heavy atom. The summed E-state index contributed by atoms with van der Waals surface area (Å²) in [5.74, 6) is 0.580. The van der Waals surface area contributed by atoms with E-state index in [0.717, 1.165) is 5.76 Å². The van der Waals surface area contributed by atoms with Crippen LogP contribution in [0.4, 0.5) is 0 Å². The highest BCUT2D eigenvalue weighted by atomic mass is 16.5. The summed E-state index contributed by atoms with van der Waals surface area (Å²) in [6.07, 6.45) is 3.16. The molecule has 0 radical (unpaired) electrons. The van der Waals surface area contributed by atoms with Gasteiger partial charge in [0.2, 0.25) is 0 Å². The fourth-order valence-corrected chi connectivity index (χ4v) is 1.28. The first-order chi connectivity index (χ1) is 7.75. The van der Waals surface area contributed by atoms with Crippen molar-refractivity contribution in [3.05, 3.63) is 47.6 Å². The topological polar surface area (TPSA) is 68.0 Å². The number of hydrogen-bond donors (Lipinski definition) is 1. The molecule has 5 heteroatoms. The molecule has 5 nitrogen and oxygen atoms in total. The van der Waals surface area contributed by atoms with Gasteiger partial charge < -0.3 is 9.84 Å². The quantitative estimate of drug-likeness (QED) is 0.841. The fourth-order valence-electron chi connectivity index (χ4n) is 1.28. The van der Waals surface area contributed by atoms with Crippen molar-refractivity contribution in [2.24, 2.45) is 0 Å². The van der Waals surface area contributed by atoms with E-state index in [-0.39, 0.29) is 5.91 Å². The first-order valence-electron chi connectivity index (χ1n) is 4.86. The zero-order valence-corrected chi connectivity index (χ0v) is 8.80. The van der Waals surface area contributed by atoms with Gasteiger partial charge in [-0.3, -0.25) is 9.78 Å². The average Bonchev–Trinajstić information content (AvgIpc) is 2.73. The van der Waals surface area contributed by atoms with E-state index < -0.39 is 0 Å². The highest BCUT2D eigenvalue weighted by Gasteiger charge is 2.06. The van der Waals surface area contributed by atoms with E-state index in [9.17, 15) is 4.79 Å². The normalized spacial score (nSPS) is 10.1. The third-order valence-corrected chi connectivity index (χ3v) is 2.05. The molecule has 1 amide bonds. The van der Waals surface area contributed by atoms with Gasteiger partial charge in [-0.05, 0) is 19.1 Å². The lowest BCUT2D eigenvalue weighted by Crippen LogP contribution is -2.22. The highest BCUT2D eigenvalue weighted by molar-refractivity contribution is 5.93. The summed E-state index contributed by atoms with van der Waals surface area (Å²) in [6, 6.07) is 5.10. The Morgan fingerprint density at radius 1 is 1.44 bits per heavy atom. The van der Waals surface area contributed by atoms with Gasteiger partial charge in [-0.1, -0.05) is 5.16 Å². The summed E-state index contributed by atoms with van der Waals surface area (Å²) in [6.45, 7) is 2.17. The summed E-state index contributed by atoms with van der Waals surface area (Å²) < 4.78 is 4.89. The molecule has 0 aliphatic heterocycles. The molecule has 2 aromatic heterocycles. The van der Waals surface area contributed by atoms with E-state index >= 15 is 0 Å². The van der Waals surface area contributed by atoms with Crippen LogP contribution >= 0.6 is 0 Å². The van der Waals surface area contributed by atoms with Crippen molar-refractivity contribution < 1.29 is 9.32 Å². The van der Waals surface area contributed by atoms with E-state index in [1.54, 1.807) is 37.5 Å². The van der Waals surface area contributed by atoms with Gasteiger partial charge in [0.15, 0.2) is 0 Å². The predicted octanol–water partition coefficient (Wildman–Crippen LogP) is 1.31. The number of aryl methyl sites for hydroxylation is 1. The van der Waals surface area contributed by atoms with E-state index in [1.165, 1.54) is 0 Å². The van der Waals surface area contributed by atoms with Crippen LogP contribution in [0.15, 0.2) is 35.1 Å². The number of aromatic nitrogens is 2. The van der Waals surface area contributed by atoms with Crippen molar-refractivity contribution in [3.8, 4) is 0 Å². The SMILES string of the molecule is Cc1cc(CNC(=O)c2ccncc2)no1. The van der Waals surface area contributed by atoms with Crippen LogP contribution in [0.25, 0.3) is 0 Å². The number of nitrogens with one attached hydrogen (secondary N) is 1. The van der Waals surface area contributed by atoms with E-state index in [2.05, 4.69) is 15.5 Å². The lowest BCUT2D eigenvalue weighted by atomic mass is 10.2. The first-order valence-corrected chi connectivity index (χ1v) is 4.86. The molecule has 0 aromatic carbocycles. The molecule has 82 valence electrons. The summed E-state index contributed by atoms with van der Waals surface area (Å²) in [5, 5.41) is 6.52. The maximum Gasteiger partial charge on any atom is 0.251 e. The van der Waals surface area contributed by atoms with Gasteiger partial charge >= 0.3 is 0 Å². The molecule has 0 aliphatic carbocycles. The minimum atomic E-state index is -0.150. The Balaban J connectivity index is 1.94. The van der Waals surface area contributed by atoms with Crippen LogP contribution < -0.4 is 5.32 Å². The highest BCUT2D eigenvalue weighted by Crippen LogP contribution is 2.02. The molecule has 0 aliphatic rings. The molecule has 0 bridgehead atoms. The van der Waals surface area contributed by atoms with Gasteiger partial charge in [0.25, 0.3) is 5.91 Å². The molecule has 2 rings (SSSR count). The van der Waals surface area contributed by atoms with Crippen molar-refractivity contribution in [2.45, 2.75) is 13.5 Å². The fraction of sp³-hybridized carbons (Fsp3) is 0.182. The molecule has 0 saturated carbocycles. The second kappa shape index (κ2) is 4.57. The second-order valence-corrected chi connectivity index (χ2v) is 3.35. The third-order valence-electron chi connectivity index (χ3n) is 2.05. The predicted molar refractivity (Wildman–Crippen MR) is 56.6 cm³/mol. The molecule has 1 N–H and O–H groups in total. The maximum atomic E-state index is 11.6. The molecule has 2 heterocycles. The van der Waals surface area contributed by atoms with Gasteiger partial charge in [0, 0.05) is 24.0 Å². The van der Waals surface area contributed by atoms with Crippen LogP contribution in [0.5, 0.6) is 0 Å². The maximum absolute atomic E-state index is 11.6. The number of carbonyl (C=O) groups is 1. The van der Waals surface area contributed by atoms with Crippen LogP contribution in [0, 0.1) is 6.92 Å². The minimum Gasteiger partial charge on any atom is -0.361 e. The van der Waals surface area contributed by atoms with Crippen LogP contribution in [-0.2, 0) is 6.54 Å². The van der Waals surface area contributed by atoms with Crippen molar-refractivity contribution in [1.29, 1.82) is 0 Å². The number of carbonyl (C=O) groups excluding carboxylic acids is 1. The van der Waals surface area contributed by atoms with Crippen molar-refractivity contribution in [1.82, 2.24) is 15.5 Å². The Labute approximate surface area is 92.5 Å². The Bertz CT molecular complexity index is 479. The second-order valence-electron chi connectivity index (χ2n) is 3.35. The van der Waals surface area contributed by atoms with Crippen molar-refractivity contribution in [2.75, 3.05) is 0 Å². The third kappa shape index (κ3) is 2.44. The number of amides is 1. The number of nitrogens with zero attached hydrogens (tertiary/aromatic N) is 2. The largest absolute Gasteiger partial charge is 0.361 e. The molecular formula is C11H11N3O2. The van der Waals surface area contributed by atoms with Gasteiger partial charge in [-0.15, -0.1) is 0 Å². The summed E-state index contributed by atoms with van der Waals surface area (Å²) in [5.41, 5.74) is 1.29. The summed E-state index contributed by atoms with van der Waals surface area (Å²) >= 11 is 0. The number of rotatable bonds is 3. The Hall–Kier alpha value is -2.17. The van der Waals surface area contributed by atoms with Gasteiger partial charge in [-0.25, -0.2) is 0 Å². The minimum absolute atomic E-state index is 0.150. The smallest absolute Gasteiger partial charge is 0.251 e. The van der Waals surface area contributed by atoms with Crippen LogP contribution in [-0.4, -0.2) is 16.0 Å². The zero-order chi connectivity index (χ0) is 11.4.